The van der Waals surface area contributed by atoms with E-state index in [2.05, 4.69) is 10.4 Å². The van der Waals surface area contributed by atoms with Gasteiger partial charge < -0.3 is 10.2 Å². The van der Waals surface area contributed by atoms with Gasteiger partial charge in [-0.25, -0.2) is 4.39 Å². The van der Waals surface area contributed by atoms with Gasteiger partial charge >= 0.3 is 0 Å². The van der Waals surface area contributed by atoms with Crippen LogP contribution in [0.1, 0.15) is 40.5 Å². The maximum absolute atomic E-state index is 13.8. The molecular weight excluding hydrogens is 323 g/mol. The number of fused-ring (bicyclic) bond motifs is 1. The molecule has 2 aromatic rings. The van der Waals surface area contributed by atoms with Crippen LogP contribution in [-0.4, -0.2) is 40.6 Å². The van der Waals surface area contributed by atoms with E-state index in [1.165, 1.54) is 17.0 Å². The normalized spacial score (nSPS) is 16.2. The lowest BCUT2D eigenvalue weighted by molar-refractivity contribution is -0.129. The quantitative estimate of drug-likeness (QED) is 0.921. The predicted molar refractivity (Wildman–Crippen MR) is 90.5 cm³/mol. The first-order chi connectivity index (χ1) is 12.0. The first-order valence-corrected chi connectivity index (χ1v) is 8.27. The molecule has 0 bridgehead atoms. The third-order valence-electron chi connectivity index (χ3n) is 4.36. The fraction of sp³-hybridized carbons (Fsp3) is 0.389. The van der Waals surface area contributed by atoms with E-state index in [1.807, 2.05) is 6.20 Å². The van der Waals surface area contributed by atoms with E-state index in [0.717, 1.165) is 30.5 Å². The second-order valence-corrected chi connectivity index (χ2v) is 6.42. The average molecular weight is 344 g/mol. The maximum atomic E-state index is 13.8. The van der Waals surface area contributed by atoms with Gasteiger partial charge in [-0.2, -0.15) is 5.10 Å². The Morgan fingerprint density at radius 3 is 2.84 bits per heavy atom. The van der Waals surface area contributed by atoms with Crippen LogP contribution in [-0.2, 0) is 17.8 Å². The average Bonchev–Trinajstić information content (AvgIpc) is 2.98. The summed E-state index contributed by atoms with van der Waals surface area (Å²) in [6.07, 6.45) is 4.37. The van der Waals surface area contributed by atoms with Gasteiger partial charge in [0.15, 0.2) is 0 Å². The second-order valence-electron chi connectivity index (χ2n) is 6.42. The number of hydrogen-bond donors (Lipinski definition) is 1. The van der Waals surface area contributed by atoms with Gasteiger partial charge in [0, 0.05) is 20.3 Å². The van der Waals surface area contributed by atoms with Gasteiger partial charge in [0.2, 0.25) is 5.91 Å². The van der Waals surface area contributed by atoms with Crippen LogP contribution in [0.25, 0.3) is 0 Å². The molecule has 6 nitrogen and oxygen atoms in total. The van der Waals surface area contributed by atoms with Crippen molar-refractivity contribution in [3.8, 4) is 0 Å². The Labute approximate surface area is 145 Å². The van der Waals surface area contributed by atoms with Crippen LogP contribution in [0.2, 0.25) is 0 Å². The van der Waals surface area contributed by atoms with Crippen molar-refractivity contribution >= 4 is 11.8 Å². The molecule has 0 saturated heterocycles. The summed E-state index contributed by atoms with van der Waals surface area (Å²) in [5, 5.41) is 7.36. The molecule has 0 unspecified atom stereocenters. The standard InChI is InChI=1S/C18H21FN4O2/c1-22(2)16(24)11-23-10-12-6-5-9-15(17(12)21-23)20-18(25)13-7-3-4-8-14(13)19/h3-4,7-8,10,15H,5-6,9,11H2,1-2H3,(H,20,25)/t15-/m1/s1. The minimum absolute atomic E-state index is 0.0249. The second kappa shape index (κ2) is 7.04. The Bertz CT molecular complexity index is 800. The molecule has 1 heterocycles. The molecular formula is C18H21FN4O2. The largest absolute Gasteiger partial charge is 0.347 e. The predicted octanol–water partition coefficient (Wildman–Crippen LogP) is 1.92. The van der Waals surface area contributed by atoms with Gasteiger partial charge in [-0.15, -0.1) is 0 Å². The highest BCUT2D eigenvalue weighted by molar-refractivity contribution is 5.94. The Morgan fingerprint density at radius 1 is 1.36 bits per heavy atom. The molecule has 0 spiro atoms. The zero-order chi connectivity index (χ0) is 18.0. The van der Waals surface area contributed by atoms with Crippen LogP contribution >= 0.6 is 0 Å². The van der Waals surface area contributed by atoms with Crippen LogP contribution < -0.4 is 5.32 Å². The van der Waals surface area contributed by atoms with E-state index >= 15 is 0 Å². The molecule has 1 aliphatic rings. The number of nitrogens with zero attached hydrogens (tertiary/aromatic N) is 3. The van der Waals surface area contributed by atoms with Crippen LogP contribution in [0.3, 0.4) is 0 Å². The van der Waals surface area contributed by atoms with Gasteiger partial charge in [-0.3, -0.25) is 14.3 Å². The van der Waals surface area contributed by atoms with Crippen molar-refractivity contribution in [1.29, 1.82) is 0 Å². The van der Waals surface area contributed by atoms with Crippen molar-refractivity contribution < 1.29 is 14.0 Å². The third-order valence-corrected chi connectivity index (χ3v) is 4.36. The number of aromatic nitrogens is 2. The first kappa shape index (κ1) is 17.1. The topological polar surface area (TPSA) is 67.2 Å². The number of aryl methyl sites for hydroxylation is 1. The SMILES string of the molecule is CN(C)C(=O)Cn1cc2c(n1)[C@H](NC(=O)c1ccccc1F)CCC2. The van der Waals surface area contributed by atoms with Crippen LogP contribution in [0, 0.1) is 5.82 Å². The number of benzene rings is 1. The van der Waals surface area contributed by atoms with Gasteiger partial charge in [0.1, 0.15) is 12.4 Å². The molecule has 1 atom stereocenters. The van der Waals surface area contributed by atoms with Crippen molar-refractivity contribution in [2.45, 2.75) is 31.8 Å². The Balaban J connectivity index is 1.77. The monoisotopic (exact) mass is 344 g/mol. The minimum Gasteiger partial charge on any atom is -0.347 e. The van der Waals surface area contributed by atoms with E-state index in [-0.39, 0.29) is 24.1 Å². The van der Waals surface area contributed by atoms with Crippen LogP contribution in [0.5, 0.6) is 0 Å². The summed E-state index contributed by atoms with van der Waals surface area (Å²) < 4.78 is 15.4. The van der Waals surface area contributed by atoms with E-state index in [1.54, 1.807) is 30.9 Å². The van der Waals surface area contributed by atoms with Crippen molar-refractivity contribution in [1.82, 2.24) is 20.0 Å². The lowest BCUT2D eigenvalue weighted by Gasteiger charge is -2.22. The van der Waals surface area contributed by atoms with Crippen LogP contribution in [0.15, 0.2) is 30.5 Å². The Hall–Kier alpha value is -2.70. The van der Waals surface area contributed by atoms with Crippen molar-refractivity contribution in [3.63, 3.8) is 0 Å². The first-order valence-electron chi connectivity index (χ1n) is 8.27. The number of amides is 2. The van der Waals surface area contributed by atoms with Crippen molar-refractivity contribution in [2.75, 3.05) is 14.1 Å². The summed E-state index contributed by atoms with van der Waals surface area (Å²) in [5.74, 6) is -1.04. The number of carbonyl (C=O) groups excluding carboxylic acids is 2. The molecule has 3 rings (SSSR count). The van der Waals surface area contributed by atoms with Gasteiger partial charge in [0.05, 0.1) is 17.3 Å². The number of carbonyl (C=O) groups is 2. The van der Waals surface area contributed by atoms with Gasteiger partial charge in [-0.1, -0.05) is 12.1 Å². The number of likely N-dealkylation sites (N-methyl/N-ethyl adjacent to an activating group) is 1. The molecule has 0 saturated carbocycles. The lowest BCUT2D eigenvalue weighted by atomic mass is 9.93. The molecule has 1 aromatic heterocycles. The zero-order valence-corrected chi connectivity index (χ0v) is 14.3. The zero-order valence-electron chi connectivity index (χ0n) is 14.3. The van der Waals surface area contributed by atoms with E-state index in [4.69, 9.17) is 0 Å². The molecule has 0 aliphatic heterocycles. The van der Waals surface area contributed by atoms with E-state index < -0.39 is 11.7 Å². The smallest absolute Gasteiger partial charge is 0.254 e. The Morgan fingerprint density at radius 2 is 2.12 bits per heavy atom. The maximum Gasteiger partial charge on any atom is 0.254 e. The number of hydrogen-bond acceptors (Lipinski definition) is 3. The van der Waals surface area contributed by atoms with E-state index in [0.29, 0.717) is 0 Å². The van der Waals surface area contributed by atoms with Crippen molar-refractivity contribution in [2.24, 2.45) is 0 Å². The summed E-state index contributed by atoms with van der Waals surface area (Å²) in [4.78, 5) is 25.7. The fourth-order valence-corrected chi connectivity index (χ4v) is 2.98. The van der Waals surface area contributed by atoms with Gasteiger partial charge in [0.25, 0.3) is 5.91 Å². The molecule has 7 heteroatoms. The molecule has 0 fully saturated rings. The fourth-order valence-electron chi connectivity index (χ4n) is 2.98. The molecule has 1 aliphatic carbocycles. The summed E-state index contributed by atoms with van der Waals surface area (Å²) >= 11 is 0. The van der Waals surface area contributed by atoms with E-state index in [9.17, 15) is 14.0 Å². The van der Waals surface area contributed by atoms with Gasteiger partial charge in [-0.05, 0) is 37.0 Å². The molecule has 1 aromatic carbocycles. The number of nitrogens with one attached hydrogen (secondary N) is 1. The van der Waals surface area contributed by atoms with Crippen molar-refractivity contribution in [3.05, 3.63) is 53.1 Å². The molecule has 1 N–H and O–H groups in total. The molecule has 0 radical (unpaired) electrons. The molecule has 2 amide bonds. The minimum atomic E-state index is -0.543. The molecule has 25 heavy (non-hydrogen) atoms. The summed E-state index contributed by atoms with van der Waals surface area (Å²) in [6.45, 7) is 0.161. The Kier molecular flexibility index (Phi) is 4.83. The lowest BCUT2D eigenvalue weighted by Crippen LogP contribution is -2.31. The highest BCUT2D eigenvalue weighted by Gasteiger charge is 2.26. The third kappa shape index (κ3) is 3.70. The highest BCUT2D eigenvalue weighted by atomic mass is 19.1. The highest BCUT2D eigenvalue weighted by Crippen LogP contribution is 2.29. The molecule has 132 valence electrons. The summed E-state index contributed by atoms with van der Waals surface area (Å²) in [7, 11) is 3.40. The van der Waals surface area contributed by atoms with Crippen LogP contribution in [0.4, 0.5) is 4.39 Å². The number of rotatable bonds is 4. The number of halogens is 1. The summed E-state index contributed by atoms with van der Waals surface area (Å²) in [6, 6.07) is 5.64. The summed E-state index contributed by atoms with van der Waals surface area (Å²) in [5.41, 5.74) is 1.82.